The molecule has 0 radical (unpaired) electrons. The Morgan fingerprint density at radius 2 is 2.05 bits per heavy atom. The highest BCUT2D eigenvalue weighted by atomic mass is 79.9. The van der Waals surface area contributed by atoms with Crippen molar-refractivity contribution < 1.29 is 13.9 Å². The van der Waals surface area contributed by atoms with Crippen LogP contribution in [0.15, 0.2) is 39.4 Å². The molecule has 3 nitrogen and oxygen atoms in total. The molecule has 0 fully saturated rings. The molecular weight excluding hydrogens is 388 g/mol. The van der Waals surface area contributed by atoms with Gasteiger partial charge in [-0.15, -0.1) is 0 Å². The molecule has 2 aromatic rings. The zero-order chi connectivity index (χ0) is 14.5. The van der Waals surface area contributed by atoms with Gasteiger partial charge in [-0.25, -0.2) is 0 Å². The Morgan fingerprint density at radius 3 is 2.65 bits per heavy atom. The van der Waals surface area contributed by atoms with Crippen LogP contribution >= 0.6 is 31.9 Å². The summed E-state index contributed by atoms with van der Waals surface area (Å²) in [7, 11) is 1.66. The molecule has 108 valence electrons. The summed E-state index contributed by atoms with van der Waals surface area (Å²) in [6.07, 6.45) is 1.70. The monoisotopic (exact) mass is 402 g/mol. The molecule has 20 heavy (non-hydrogen) atoms. The molecule has 0 saturated carbocycles. The summed E-state index contributed by atoms with van der Waals surface area (Å²) >= 11 is 7.24. The van der Waals surface area contributed by atoms with Crippen molar-refractivity contribution in [3.63, 3.8) is 0 Å². The summed E-state index contributed by atoms with van der Waals surface area (Å²) in [6.45, 7) is 3.07. The van der Waals surface area contributed by atoms with Gasteiger partial charge in [-0.3, -0.25) is 0 Å². The van der Waals surface area contributed by atoms with E-state index in [2.05, 4.69) is 31.9 Å². The fraction of sp³-hybridized carbons (Fsp3) is 0.333. The van der Waals surface area contributed by atoms with E-state index in [4.69, 9.17) is 13.9 Å². The van der Waals surface area contributed by atoms with Crippen LogP contribution in [0, 0.1) is 6.92 Å². The number of halogens is 2. The molecule has 0 amide bonds. The average Bonchev–Trinajstić information content (AvgIpc) is 2.86. The highest BCUT2D eigenvalue weighted by molar-refractivity contribution is 9.10. The number of hydrogen-bond acceptors (Lipinski definition) is 3. The average molecular weight is 404 g/mol. The van der Waals surface area contributed by atoms with Gasteiger partial charge in [0.15, 0.2) is 0 Å². The van der Waals surface area contributed by atoms with Gasteiger partial charge in [0.2, 0.25) is 0 Å². The first-order valence-corrected chi connectivity index (χ1v) is 7.93. The SMILES string of the molecule is COCCOc1ccc(C(Br)c2ccoc2C)cc1Br. The Labute approximate surface area is 135 Å². The second kappa shape index (κ2) is 7.29. The van der Waals surface area contributed by atoms with E-state index in [0.717, 1.165) is 27.1 Å². The molecule has 0 spiro atoms. The number of aryl methyl sites for hydroxylation is 1. The van der Waals surface area contributed by atoms with Gasteiger partial charge in [-0.2, -0.15) is 0 Å². The van der Waals surface area contributed by atoms with E-state index in [1.807, 2.05) is 31.2 Å². The van der Waals surface area contributed by atoms with Crippen molar-refractivity contribution in [2.75, 3.05) is 20.3 Å². The number of hydrogen-bond donors (Lipinski definition) is 0. The summed E-state index contributed by atoms with van der Waals surface area (Å²) in [5.74, 6) is 1.73. The van der Waals surface area contributed by atoms with Crippen molar-refractivity contribution in [1.82, 2.24) is 0 Å². The highest BCUT2D eigenvalue weighted by Gasteiger charge is 2.16. The van der Waals surface area contributed by atoms with Crippen LogP contribution in [0.25, 0.3) is 0 Å². The molecule has 0 aliphatic heterocycles. The van der Waals surface area contributed by atoms with Crippen LogP contribution in [0.2, 0.25) is 0 Å². The molecule has 5 heteroatoms. The topological polar surface area (TPSA) is 31.6 Å². The van der Waals surface area contributed by atoms with Crippen LogP contribution in [0.3, 0.4) is 0 Å². The third kappa shape index (κ3) is 3.65. The molecule has 2 rings (SSSR count). The zero-order valence-electron chi connectivity index (χ0n) is 11.4. The van der Waals surface area contributed by atoms with E-state index in [-0.39, 0.29) is 4.83 Å². The molecule has 1 aromatic carbocycles. The number of methoxy groups -OCH3 is 1. The molecule has 0 bridgehead atoms. The Hall–Kier alpha value is -0.780. The Balaban J connectivity index is 2.14. The molecular formula is C15H16Br2O3. The van der Waals surface area contributed by atoms with E-state index < -0.39 is 0 Å². The lowest BCUT2D eigenvalue weighted by molar-refractivity contribution is 0.146. The van der Waals surface area contributed by atoms with Crippen molar-refractivity contribution >= 4 is 31.9 Å². The van der Waals surface area contributed by atoms with Gasteiger partial charge in [0.25, 0.3) is 0 Å². The van der Waals surface area contributed by atoms with Crippen molar-refractivity contribution in [1.29, 1.82) is 0 Å². The van der Waals surface area contributed by atoms with E-state index in [1.54, 1.807) is 13.4 Å². The lowest BCUT2D eigenvalue weighted by Crippen LogP contribution is -2.05. The van der Waals surface area contributed by atoms with Crippen LogP contribution in [0.5, 0.6) is 5.75 Å². The van der Waals surface area contributed by atoms with Gasteiger partial charge < -0.3 is 13.9 Å². The summed E-state index contributed by atoms with van der Waals surface area (Å²) in [5, 5.41) is 0. The summed E-state index contributed by atoms with van der Waals surface area (Å²) in [4.78, 5) is 0.102. The van der Waals surface area contributed by atoms with E-state index in [9.17, 15) is 0 Å². The van der Waals surface area contributed by atoms with E-state index in [1.165, 1.54) is 0 Å². The molecule has 1 heterocycles. The Morgan fingerprint density at radius 1 is 1.25 bits per heavy atom. The normalized spacial score (nSPS) is 12.4. The number of furan rings is 1. The molecule has 0 N–H and O–H groups in total. The fourth-order valence-corrected chi connectivity index (χ4v) is 3.13. The summed E-state index contributed by atoms with van der Waals surface area (Å²) < 4.78 is 16.9. The Bertz CT molecular complexity index is 566. The van der Waals surface area contributed by atoms with Gasteiger partial charge >= 0.3 is 0 Å². The Kier molecular flexibility index (Phi) is 5.69. The lowest BCUT2D eigenvalue weighted by Gasteiger charge is -2.13. The van der Waals surface area contributed by atoms with Crippen molar-refractivity contribution in [2.45, 2.75) is 11.8 Å². The second-order valence-electron chi connectivity index (χ2n) is 4.33. The smallest absolute Gasteiger partial charge is 0.133 e. The first-order chi connectivity index (χ1) is 9.63. The molecule has 0 aliphatic carbocycles. The molecule has 1 aromatic heterocycles. The van der Waals surface area contributed by atoms with Crippen LogP contribution in [-0.4, -0.2) is 20.3 Å². The van der Waals surface area contributed by atoms with Gasteiger partial charge in [0, 0.05) is 12.7 Å². The maximum absolute atomic E-state index is 5.62. The number of alkyl halides is 1. The van der Waals surface area contributed by atoms with Crippen LogP contribution in [-0.2, 0) is 4.74 Å². The number of ether oxygens (including phenoxy) is 2. The first kappa shape index (κ1) is 15.6. The molecule has 0 saturated heterocycles. The van der Waals surface area contributed by atoms with Gasteiger partial charge in [-0.05, 0) is 46.6 Å². The summed E-state index contributed by atoms with van der Waals surface area (Å²) in [6, 6.07) is 8.02. The van der Waals surface area contributed by atoms with Crippen molar-refractivity contribution in [3.05, 3.63) is 51.9 Å². The highest BCUT2D eigenvalue weighted by Crippen LogP contribution is 2.36. The lowest BCUT2D eigenvalue weighted by atomic mass is 10.1. The van der Waals surface area contributed by atoms with Gasteiger partial charge in [0.1, 0.15) is 18.1 Å². The predicted molar refractivity (Wildman–Crippen MR) is 85.7 cm³/mol. The maximum atomic E-state index is 5.62. The summed E-state index contributed by atoms with van der Waals surface area (Å²) in [5.41, 5.74) is 2.27. The molecule has 1 atom stereocenters. The third-order valence-corrected chi connectivity index (χ3v) is 4.61. The number of benzene rings is 1. The zero-order valence-corrected chi connectivity index (χ0v) is 14.5. The molecule has 0 aliphatic rings. The quantitative estimate of drug-likeness (QED) is 0.509. The fourth-order valence-electron chi connectivity index (χ4n) is 1.86. The minimum absolute atomic E-state index is 0.102. The van der Waals surface area contributed by atoms with Crippen LogP contribution in [0.4, 0.5) is 0 Å². The largest absolute Gasteiger partial charge is 0.490 e. The van der Waals surface area contributed by atoms with Crippen LogP contribution in [0.1, 0.15) is 21.7 Å². The van der Waals surface area contributed by atoms with Crippen molar-refractivity contribution in [3.8, 4) is 5.75 Å². The third-order valence-electron chi connectivity index (χ3n) is 2.97. The van der Waals surface area contributed by atoms with Crippen molar-refractivity contribution in [2.24, 2.45) is 0 Å². The van der Waals surface area contributed by atoms with Gasteiger partial charge in [-0.1, -0.05) is 22.0 Å². The van der Waals surface area contributed by atoms with E-state index >= 15 is 0 Å². The molecule has 1 unspecified atom stereocenters. The number of rotatable bonds is 6. The standard InChI is InChI=1S/C15H16Br2O3/c1-10-12(5-6-19-10)15(17)11-3-4-14(13(16)9-11)20-8-7-18-2/h3-6,9,15H,7-8H2,1-2H3. The first-order valence-electron chi connectivity index (χ1n) is 6.22. The van der Waals surface area contributed by atoms with Crippen LogP contribution < -0.4 is 4.74 Å². The predicted octanol–water partition coefficient (Wildman–Crippen LogP) is 4.86. The minimum atomic E-state index is 0.102. The van der Waals surface area contributed by atoms with E-state index in [0.29, 0.717) is 13.2 Å². The van der Waals surface area contributed by atoms with Gasteiger partial charge in [0.05, 0.1) is 22.2 Å². The minimum Gasteiger partial charge on any atom is -0.490 e. The maximum Gasteiger partial charge on any atom is 0.133 e. The second-order valence-corrected chi connectivity index (χ2v) is 6.10.